The minimum Gasteiger partial charge on any atom is -0.326 e. The number of nitrogens with zero attached hydrogens (tertiary/aromatic N) is 2. The van der Waals surface area contributed by atoms with Crippen molar-refractivity contribution in [2.75, 3.05) is 17.3 Å². The van der Waals surface area contributed by atoms with Crippen LogP contribution in [0.15, 0.2) is 18.2 Å². The molecule has 2 rings (SSSR count). The molecule has 0 fully saturated rings. The highest BCUT2D eigenvalue weighted by Crippen LogP contribution is 2.27. The molecule has 1 aliphatic heterocycles. The third kappa shape index (κ3) is 2.91. The van der Waals surface area contributed by atoms with Gasteiger partial charge in [-0.2, -0.15) is 5.26 Å². The predicted octanol–water partition coefficient (Wildman–Crippen LogP) is 1.84. The summed E-state index contributed by atoms with van der Waals surface area (Å²) in [6.07, 6.45) is 1.61. The molecule has 2 amide bonds. The van der Waals surface area contributed by atoms with Gasteiger partial charge in [-0.1, -0.05) is 0 Å². The molecule has 0 aliphatic carbocycles. The summed E-state index contributed by atoms with van der Waals surface area (Å²) in [5.41, 5.74) is 2.65. The highest BCUT2D eigenvalue weighted by molar-refractivity contribution is 5.96. The number of nitrogens with one attached hydrogen (secondary N) is 1. The molecule has 1 N–H and O–H groups in total. The number of anilines is 2. The predicted molar refractivity (Wildman–Crippen MR) is 71.6 cm³/mol. The summed E-state index contributed by atoms with van der Waals surface area (Å²) in [7, 11) is 1.70. The number of fused-ring (bicyclic) bond motifs is 1. The van der Waals surface area contributed by atoms with E-state index in [1.165, 1.54) is 0 Å². The second-order valence-corrected chi connectivity index (χ2v) is 4.50. The first-order valence-electron chi connectivity index (χ1n) is 6.18. The molecular formula is C14H15N3O2. The fourth-order valence-corrected chi connectivity index (χ4v) is 2.05. The Morgan fingerprint density at radius 3 is 3.00 bits per heavy atom. The third-order valence-electron chi connectivity index (χ3n) is 3.20. The molecule has 0 atom stereocenters. The summed E-state index contributed by atoms with van der Waals surface area (Å²) in [6, 6.07) is 7.50. The van der Waals surface area contributed by atoms with E-state index in [0.717, 1.165) is 16.9 Å². The number of hydrogen-bond acceptors (Lipinski definition) is 3. The average Bonchev–Trinajstić information content (AvgIpc) is 2.43. The van der Waals surface area contributed by atoms with E-state index >= 15 is 0 Å². The van der Waals surface area contributed by atoms with Crippen molar-refractivity contribution in [3.63, 3.8) is 0 Å². The van der Waals surface area contributed by atoms with Gasteiger partial charge >= 0.3 is 0 Å². The topological polar surface area (TPSA) is 73.2 Å². The van der Waals surface area contributed by atoms with Gasteiger partial charge in [0, 0.05) is 37.7 Å². The molecule has 0 aromatic heterocycles. The van der Waals surface area contributed by atoms with E-state index in [-0.39, 0.29) is 24.7 Å². The Morgan fingerprint density at radius 2 is 2.26 bits per heavy atom. The molecule has 0 unspecified atom stereocenters. The second-order valence-electron chi connectivity index (χ2n) is 4.50. The zero-order chi connectivity index (χ0) is 13.8. The number of aryl methyl sites for hydroxylation is 1. The summed E-state index contributed by atoms with van der Waals surface area (Å²) >= 11 is 0. The summed E-state index contributed by atoms with van der Waals surface area (Å²) in [5.74, 6) is -0.0555. The van der Waals surface area contributed by atoms with Crippen molar-refractivity contribution < 1.29 is 9.59 Å². The Bertz CT molecular complexity index is 560. The smallest absolute Gasteiger partial charge is 0.227 e. The second kappa shape index (κ2) is 5.53. The van der Waals surface area contributed by atoms with E-state index in [9.17, 15) is 9.59 Å². The van der Waals surface area contributed by atoms with Crippen molar-refractivity contribution >= 4 is 23.2 Å². The van der Waals surface area contributed by atoms with E-state index in [0.29, 0.717) is 12.8 Å². The van der Waals surface area contributed by atoms with Crippen LogP contribution in [0.25, 0.3) is 0 Å². The maximum atomic E-state index is 11.8. The van der Waals surface area contributed by atoms with Crippen LogP contribution in [0.5, 0.6) is 0 Å². The van der Waals surface area contributed by atoms with Gasteiger partial charge in [-0.05, 0) is 30.2 Å². The highest BCUT2D eigenvalue weighted by atomic mass is 16.2. The van der Waals surface area contributed by atoms with Gasteiger partial charge in [-0.3, -0.25) is 9.59 Å². The van der Waals surface area contributed by atoms with Crippen LogP contribution in [0.3, 0.4) is 0 Å². The van der Waals surface area contributed by atoms with E-state index < -0.39 is 0 Å². The van der Waals surface area contributed by atoms with Gasteiger partial charge < -0.3 is 10.2 Å². The van der Waals surface area contributed by atoms with Gasteiger partial charge in [0.15, 0.2) is 0 Å². The van der Waals surface area contributed by atoms with Crippen molar-refractivity contribution in [3.05, 3.63) is 23.8 Å². The van der Waals surface area contributed by atoms with E-state index in [4.69, 9.17) is 5.26 Å². The number of carbonyl (C=O) groups excluding carboxylic acids is 2. The fraction of sp³-hybridized carbons (Fsp3) is 0.357. The first-order valence-corrected chi connectivity index (χ1v) is 6.18. The lowest BCUT2D eigenvalue weighted by atomic mass is 10.0. The first kappa shape index (κ1) is 13.1. The standard InChI is InChI=1S/C14H15N3O2/c1-17(14(19)3-2-8-15)11-5-6-12-10(9-11)4-7-13(18)16-12/h5-6,9H,2-4,7H2,1H3,(H,16,18). The lowest BCUT2D eigenvalue weighted by Crippen LogP contribution is -2.26. The van der Waals surface area contributed by atoms with Gasteiger partial charge in [0.1, 0.15) is 0 Å². The molecule has 98 valence electrons. The van der Waals surface area contributed by atoms with Crippen LogP contribution in [-0.4, -0.2) is 18.9 Å². The van der Waals surface area contributed by atoms with Gasteiger partial charge in [0.05, 0.1) is 6.07 Å². The minimum absolute atomic E-state index is 0.0266. The minimum atomic E-state index is -0.0821. The Kier molecular flexibility index (Phi) is 3.81. The van der Waals surface area contributed by atoms with Crippen molar-refractivity contribution in [2.24, 2.45) is 0 Å². The van der Waals surface area contributed by atoms with Gasteiger partial charge in [0.25, 0.3) is 0 Å². The van der Waals surface area contributed by atoms with Crippen molar-refractivity contribution in [2.45, 2.75) is 25.7 Å². The maximum Gasteiger partial charge on any atom is 0.227 e. The molecule has 0 spiro atoms. The Morgan fingerprint density at radius 1 is 1.47 bits per heavy atom. The fourth-order valence-electron chi connectivity index (χ4n) is 2.05. The lowest BCUT2D eigenvalue weighted by molar-refractivity contribution is -0.118. The number of hydrogen-bond donors (Lipinski definition) is 1. The SMILES string of the molecule is CN(C(=O)CCC#N)c1ccc2c(c1)CCC(=O)N2. The zero-order valence-corrected chi connectivity index (χ0v) is 10.8. The largest absolute Gasteiger partial charge is 0.326 e. The molecule has 19 heavy (non-hydrogen) atoms. The van der Waals surface area contributed by atoms with Gasteiger partial charge in [-0.25, -0.2) is 0 Å². The highest BCUT2D eigenvalue weighted by Gasteiger charge is 2.17. The summed E-state index contributed by atoms with van der Waals surface area (Å²) in [5, 5.41) is 11.3. The molecule has 1 heterocycles. The monoisotopic (exact) mass is 257 g/mol. The number of rotatable bonds is 3. The molecular weight excluding hydrogens is 242 g/mol. The van der Waals surface area contributed by atoms with E-state index in [1.54, 1.807) is 18.0 Å². The van der Waals surface area contributed by atoms with Crippen molar-refractivity contribution in [1.82, 2.24) is 0 Å². The number of nitriles is 1. The van der Waals surface area contributed by atoms with E-state index in [1.807, 2.05) is 18.2 Å². The summed E-state index contributed by atoms with van der Waals surface area (Å²) < 4.78 is 0. The molecule has 0 radical (unpaired) electrons. The molecule has 0 saturated heterocycles. The van der Waals surface area contributed by atoms with Crippen LogP contribution in [0, 0.1) is 11.3 Å². The van der Waals surface area contributed by atoms with Crippen LogP contribution in [-0.2, 0) is 16.0 Å². The van der Waals surface area contributed by atoms with Crippen LogP contribution in [0.4, 0.5) is 11.4 Å². The van der Waals surface area contributed by atoms with E-state index in [2.05, 4.69) is 5.32 Å². The Balaban J connectivity index is 2.16. The molecule has 1 aromatic rings. The molecule has 5 nitrogen and oxygen atoms in total. The van der Waals surface area contributed by atoms with Crippen LogP contribution < -0.4 is 10.2 Å². The van der Waals surface area contributed by atoms with Gasteiger partial charge in [-0.15, -0.1) is 0 Å². The van der Waals surface area contributed by atoms with Crippen molar-refractivity contribution in [3.8, 4) is 6.07 Å². The third-order valence-corrected chi connectivity index (χ3v) is 3.20. The lowest BCUT2D eigenvalue weighted by Gasteiger charge is -2.21. The first-order chi connectivity index (χ1) is 9.11. The average molecular weight is 257 g/mol. The quantitative estimate of drug-likeness (QED) is 0.897. The molecule has 1 aliphatic rings. The van der Waals surface area contributed by atoms with Crippen LogP contribution >= 0.6 is 0 Å². The summed E-state index contributed by atoms with van der Waals surface area (Å²) in [6.45, 7) is 0. The number of amides is 2. The van der Waals surface area contributed by atoms with Gasteiger partial charge in [0.2, 0.25) is 11.8 Å². The van der Waals surface area contributed by atoms with Crippen LogP contribution in [0.2, 0.25) is 0 Å². The maximum absolute atomic E-state index is 11.8. The molecule has 5 heteroatoms. The molecule has 0 saturated carbocycles. The Labute approximate surface area is 111 Å². The molecule has 1 aromatic carbocycles. The van der Waals surface area contributed by atoms with Crippen LogP contribution in [0.1, 0.15) is 24.8 Å². The normalized spacial score (nSPS) is 13.2. The Hall–Kier alpha value is -2.35. The summed E-state index contributed by atoms with van der Waals surface area (Å²) in [4.78, 5) is 24.6. The molecule has 0 bridgehead atoms. The number of benzene rings is 1. The zero-order valence-electron chi connectivity index (χ0n) is 10.8. The van der Waals surface area contributed by atoms with Crippen molar-refractivity contribution in [1.29, 1.82) is 5.26 Å². The number of carbonyl (C=O) groups is 2.